The van der Waals surface area contributed by atoms with Gasteiger partial charge >= 0.3 is 0 Å². The van der Waals surface area contributed by atoms with Crippen molar-refractivity contribution in [1.82, 2.24) is 14.8 Å². The van der Waals surface area contributed by atoms with Crippen molar-refractivity contribution >= 4 is 32.2 Å². The molecule has 9 nitrogen and oxygen atoms in total. The number of hydrogen-bond acceptors (Lipinski definition) is 7. The van der Waals surface area contributed by atoms with E-state index in [4.69, 9.17) is 9.84 Å². The largest absolute Gasteiger partial charge is 0.379 e. The highest BCUT2D eigenvalue weighted by atomic mass is 32.2. The molecule has 180 valence electrons. The van der Waals surface area contributed by atoms with Crippen LogP contribution in [0, 0.1) is 11.3 Å². The molecule has 1 aliphatic rings. The minimum absolute atomic E-state index is 0.204. The van der Waals surface area contributed by atoms with Gasteiger partial charge in [-0.3, -0.25) is 9.48 Å². The van der Waals surface area contributed by atoms with Crippen LogP contribution in [0.25, 0.3) is 10.9 Å². The molecule has 0 radical (unpaired) electrons. The van der Waals surface area contributed by atoms with Gasteiger partial charge < -0.3 is 15.0 Å². The Kier molecular flexibility index (Phi) is 6.27. The Hall–Kier alpha value is -3.16. The number of fused-ring (bicyclic) bond motifs is 1. The molecule has 4 rings (SSSR count). The fraction of sp³-hybridized carbons (Fsp3) is 0.458. The molecule has 0 amide bonds. The highest BCUT2D eigenvalue weighted by Gasteiger charge is 2.38. The number of aromatic nitrogens is 3. The predicted molar refractivity (Wildman–Crippen MR) is 130 cm³/mol. The number of sulfone groups is 1. The zero-order valence-electron chi connectivity index (χ0n) is 19.6. The third-order valence-corrected chi connectivity index (χ3v) is 9.41. The smallest absolute Gasteiger partial charge is 0.261 e. The van der Waals surface area contributed by atoms with Crippen LogP contribution in [0.5, 0.6) is 0 Å². The van der Waals surface area contributed by atoms with Crippen LogP contribution in [0.3, 0.4) is 0 Å². The minimum atomic E-state index is -3.49. The highest BCUT2D eigenvalue weighted by Crippen LogP contribution is 2.36. The Morgan fingerprint density at radius 2 is 2.03 bits per heavy atom. The molecule has 1 fully saturated rings. The molecular weight excluding hydrogens is 454 g/mol. The molecule has 1 aliphatic heterocycles. The van der Waals surface area contributed by atoms with Gasteiger partial charge in [-0.25, -0.2) is 8.42 Å². The summed E-state index contributed by atoms with van der Waals surface area (Å²) in [7, 11) is -3.49. The maximum Gasteiger partial charge on any atom is 0.261 e. The molecule has 2 aromatic heterocycles. The molecule has 3 aromatic rings. The second kappa shape index (κ2) is 8.89. The Morgan fingerprint density at radius 1 is 1.29 bits per heavy atom. The van der Waals surface area contributed by atoms with E-state index >= 15 is 0 Å². The van der Waals surface area contributed by atoms with Gasteiger partial charge in [-0.1, -0.05) is 6.92 Å². The molecule has 0 bridgehead atoms. The quantitative estimate of drug-likeness (QED) is 0.522. The van der Waals surface area contributed by atoms with Crippen molar-refractivity contribution in [2.45, 2.75) is 61.6 Å². The first kappa shape index (κ1) is 24.0. The lowest BCUT2D eigenvalue weighted by atomic mass is 9.89. The number of rotatable bonds is 7. The van der Waals surface area contributed by atoms with E-state index in [1.54, 1.807) is 55.1 Å². The van der Waals surface area contributed by atoms with Crippen LogP contribution in [0.1, 0.15) is 46.5 Å². The maximum atomic E-state index is 12.9. The van der Waals surface area contributed by atoms with Crippen LogP contribution in [-0.4, -0.2) is 41.1 Å². The molecule has 1 atom stereocenters. The zero-order valence-corrected chi connectivity index (χ0v) is 20.4. The van der Waals surface area contributed by atoms with Gasteiger partial charge in [0, 0.05) is 18.5 Å². The van der Waals surface area contributed by atoms with E-state index in [2.05, 4.69) is 16.4 Å². The Morgan fingerprint density at radius 3 is 2.65 bits per heavy atom. The topological polar surface area (TPSA) is 130 Å². The molecule has 3 heterocycles. The summed E-state index contributed by atoms with van der Waals surface area (Å²) in [6, 6.07) is 10.5. The molecule has 1 aromatic carbocycles. The third kappa shape index (κ3) is 3.99. The summed E-state index contributed by atoms with van der Waals surface area (Å²) in [5.74, 6) is 0.337. The van der Waals surface area contributed by atoms with Crippen molar-refractivity contribution in [3.63, 3.8) is 0 Å². The maximum absolute atomic E-state index is 12.9. The molecule has 1 saturated heterocycles. The summed E-state index contributed by atoms with van der Waals surface area (Å²) in [6.45, 7) is 6.24. The van der Waals surface area contributed by atoms with E-state index in [0.717, 1.165) is 6.42 Å². The van der Waals surface area contributed by atoms with Gasteiger partial charge in [0.25, 0.3) is 5.56 Å². The minimum Gasteiger partial charge on any atom is -0.379 e. The Balaban J connectivity index is 1.75. The van der Waals surface area contributed by atoms with Crippen LogP contribution in [0.2, 0.25) is 0 Å². The standard InChI is InChI=1S/C24H29N5O4S/c1-4-23(2,3)34(31,32)18-8-6-17(7-9-18)27-21-20-19(10-14-26-22(20)30)29(28-21)24(12-13-25)11-5-15-33-16-24/h6-10,14H,4-5,11-12,15-16H2,1-3H3,(H,26,30)(H,27,28)/t24-/m0/s1. The van der Waals surface area contributed by atoms with Crippen LogP contribution in [-0.2, 0) is 20.1 Å². The number of ether oxygens (including phenoxy) is 1. The van der Waals surface area contributed by atoms with Crippen LogP contribution >= 0.6 is 0 Å². The first-order valence-corrected chi connectivity index (χ1v) is 12.8. The summed E-state index contributed by atoms with van der Waals surface area (Å²) in [5.41, 5.74) is 0.231. The second-order valence-corrected chi connectivity index (χ2v) is 11.9. The molecule has 0 spiro atoms. The summed E-state index contributed by atoms with van der Waals surface area (Å²) in [4.78, 5) is 15.7. The average molecular weight is 484 g/mol. The summed E-state index contributed by atoms with van der Waals surface area (Å²) in [5, 5.41) is 17.8. The van der Waals surface area contributed by atoms with Crippen molar-refractivity contribution in [2.75, 3.05) is 18.5 Å². The van der Waals surface area contributed by atoms with Gasteiger partial charge in [0.15, 0.2) is 15.7 Å². The predicted octanol–water partition coefficient (Wildman–Crippen LogP) is 3.85. The van der Waals surface area contributed by atoms with Gasteiger partial charge in [0.1, 0.15) is 5.39 Å². The number of anilines is 2. The van der Waals surface area contributed by atoms with Crippen molar-refractivity contribution in [1.29, 1.82) is 5.26 Å². The fourth-order valence-corrected chi connectivity index (χ4v) is 5.77. The Labute approximate surface area is 198 Å². The van der Waals surface area contributed by atoms with Gasteiger partial charge in [-0.2, -0.15) is 10.4 Å². The number of benzene rings is 1. The molecular formula is C24H29N5O4S. The van der Waals surface area contributed by atoms with E-state index in [0.29, 0.717) is 48.5 Å². The van der Waals surface area contributed by atoms with Crippen molar-refractivity contribution in [2.24, 2.45) is 0 Å². The van der Waals surface area contributed by atoms with E-state index in [1.807, 2.05) is 6.92 Å². The lowest BCUT2D eigenvalue weighted by Gasteiger charge is -2.35. The number of nitrogens with one attached hydrogen (secondary N) is 2. The number of pyridine rings is 1. The lowest BCUT2D eigenvalue weighted by molar-refractivity contribution is -0.00174. The summed E-state index contributed by atoms with van der Waals surface area (Å²) in [6.07, 6.45) is 3.76. The molecule has 2 N–H and O–H groups in total. The molecule has 0 aliphatic carbocycles. The molecule has 10 heteroatoms. The first-order chi connectivity index (χ1) is 16.1. The van der Waals surface area contributed by atoms with Crippen LogP contribution in [0.15, 0.2) is 46.2 Å². The van der Waals surface area contributed by atoms with E-state index in [9.17, 15) is 18.5 Å². The fourth-order valence-electron chi connectivity index (χ4n) is 4.26. The third-order valence-electron chi connectivity index (χ3n) is 6.77. The highest BCUT2D eigenvalue weighted by molar-refractivity contribution is 7.92. The second-order valence-electron chi connectivity index (χ2n) is 9.31. The molecule has 0 unspecified atom stereocenters. The van der Waals surface area contributed by atoms with Crippen molar-refractivity contribution in [3.05, 3.63) is 46.9 Å². The normalized spacial score (nSPS) is 19.1. The van der Waals surface area contributed by atoms with Gasteiger partial charge in [-0.15, -0.1) is 0 Å². The van der Waals surface area contributed by atoms with Crippen molar-refractivity contribution in [3.8, 4) is 6.07 Å². The SMILES string of the molecule is CCC(C)(C)S(=O)(=O)c1ccc(Nc2nn([C@]3(CC#N)CCCOC3)c3cc[nH]c(=O)c23)cc1. The molecule has 34 heavy (non-hydrogen) atoms. The first-order valence-electron chi connectivity index (χ1n) is 11.3. The number of H-pyrrole nitrogens is 1. The number of nitrogens with zero attached hydrogens (tertiary/aromatic N) is 3. The van der Waals surface area contributed by atoms with Gasteiger partial charge in [0.2, 0.25) is 0 Å². The van der Waals surface area contributed by atoms with E-state index < -0.39 is 20.1 Å². The van der Waals surface area contributed by atoms with Crippen molar-refractivity contribution < 1.29 is 13.2 Å². The number of nitriles is 1. The number of aromatic amines is 1. The summed E-state index contributed by atoms with van der Waals surface area (Å²) < 4.78 is 32.4. The monoisotopic (exact) mass is 483 g/mol. The van der Waals surface area contributed by atoms with E-state index in [-0.39, 0.29) is 16.9 Å². The Bertz CT molecular complexity index is 1390. The van der Waals surface area contributed by atoms with E-state index in [1.165, 1.54) is 0 Å². The molecule has 0 saturated carbocycles. The average Bonchev–Trinajstić information content (AvgIpc) is 3.20. The van der Waals surface area contributed by atoms with Crippen LogP contribution in [0.4, 0.5) is 11.5 Å². The zero-order chi connectivity index (χ0) is 24.6. The number of hydrogen-bond donors (Lipinski definition) is 2. The van der Waals surface area contributed by atoms with Gasteiger partial charge in [-0.05, 0) is 63.4 Å². The van der Waals surface area contributed by atoms with Gasteiger partial charge in [0.05, 0.1) is 39.8 Å². The summed E-state index contributed by atoms with van der Waals surface area (Å²) >= 11 is 0. The van der Waals surface area contributed by atoms with Crippen LogP contribution < -0.4 is 10.9 Å². The lowest BCUT2D eigenvalue weighted by Crippen LogP contribution is -2.42.